The maximum Gasteiger partial charge on any atom is 0.264 e. The minimum absolute atomic E-state index is 0.00573. The molecule has 2 heterocycles. The molecular weight excluding hydrogens is 420 g/mol. The molecule has 1 aliphatic carbocycles. The third kappa shape index (κ3) is 4.15. The lowest BCUT2D eigenvalue weighted by molar-refractivity contribution is -0.140. The lowest BCUT2D eigenvalue weighted by Gasteiger charge is -2.35. The molecule has 2 aromatic carbocycles. The van der Waals surface area contributed by atoms with Crippen LogP contribution in [0.15, 0.2) is 60.0 Å². The average molecular weight is 447 g/mol. The summed E-state index contributed by atoms with van der Waals surface area (Å²) in [6, 6.07) is 18.0. The molecular formula is C26H26N2O3S. The van der Waals surface area contributed by atoms with Crippen LogP contribution in [0.1, 0.15) is 47.4 Å². The van der Waals surface area contributed by atoms with Crippen molar-refractivity contribution in [3.8, 4) is 5.75 Å². The quantitative estimate of drug-likeness (QED) is 0.605. The van der Waals surface area contributed by atoms with Crippen LogP contribution in [0.3, 0.4) is 0 Å². The smallest absolute Gasteiger partial charge is 0.264 e. The van der Waals surface area contributed by atoms with Crippen molar-refractivity contribution in [3.05, 3.63) is 81.5 Å². The molecule has 5 rings (SSSR count). The molecule has 1 aliphatic heterocycles. The molecule has 32 heavy (non-hydrogen) atoms. The first kappa shape index (κ1) is 20.8. The number of fused-ring (bicyclic) bond motifs is 2. The Kier molecular flexibility index (Phi) is 5.70. The van der Waals surface area contributed by atoms with E-state index in [0.717, 1.165) is 35.4 Å². The molecule has 2 atom stereocenters. The Labute approximate surface area is 192 Å². The fourth-order valence-electron chi connectivity index (χ4n) is 4.72. The van der Waals surface area contributed by atoms with Gasteiger partial charge < -0.3 is 15.0 Å². The summed E-state index contributed by atoms with van der Waals surface area (Å²) in [5.41, 5.74) is 4.20. The number of benzene rings is 2. The van der Waals surface area contributed by atoms with E-state index >= 15 is 0 Å². The Morgan fingerprint density at radius 2 is 2.03 bits per heavy atom. The highest BCUT2D eigenvalue weighted by atomic mass is 32.1. The Balaban J connectivity index is 1.41. The molecule has 1 aromatic heterocycles. The Morgan fingerprint density at radius 3 is 2.88 bits per heavy atom. The number of hydrogen-bond donors (Lipinski definition) is 1. The van der Waals surface area contributed by atoms with Gasteiger partial charge in [-0.05, 0) is 67.0 Å². The monoisotopic (exact) mass is 446 g/mol. The second-order valence-corrected chi connectivity index (χ2v) is 9.49. The highest BCUT2D eigenvalue weighted by Crippen LogP contribution is 2.38. The van der Waals surface area contributed by atoms with Gasteiger partial charge in [0, 0.05) is 16.1 Å². The number of carbonyl (C=O) groups excluding carboxylic acids is 2. The molecule has 0 fully saturated rings. The minimum Gasteiger partial charge on any atom is -0.481 e. The Bertz CT molecular complexity index is 1140. The molecule has 0 spiro atoms. The van der Waals surface area contributed by atoms with Crippen LogP contribution < -0.4 is 10.1 Å². The fraction of sp³-hybridized carbons (Fsp3) is 0.308. The Morgan fingerprint density at radius 1 is 1.16 bits per heavy atom. The van der Waals surface area contributed by atoms with E-state index < -0.39 is 6.10 Å². The van der Waals surface area contributed by atoms with Crippen LogP contribution >= 0.6 is 11.3 Å². The van der Waals surface area contributed by atoms with E-state index in [1.807, 2.05) is 47.5 Å². The molecule has 164 valence electrons. The highest BCUT2D eigenvalue weighted by Gasteiger charge is 2.35. The highest BCUT2D eigenvalue weighted by molar-refractivity contribution is 7.10. The van der Waals surface area contributed by atoms with Gasteiger partial charge in [-0.2, -0.15) is 0 Å². The molecule has 1 N–H and O–H groups in total. The van der Waals surface area contributed by atoms with Gasteiger partial charge in [0.1, 0.15) is 5.75 Å². The van der Waals surface area contributed by atoms with Gasteiger partial charge in [0.25, 0.3) is 5.91 Å². The van der Waals surface area contributed by atoms with Crippen molar-refractivity contribution in [1.82, 2.24) is 4.90 Å². The summed E-state index contributed by atoms with van der Waals surface area (Å²) in [4.78, 5) is 28.8. The van der Waals surface area contributed by atoms with Crippen LogP contribution in [0.4, 0.5) is 5.69 Å². The van der Waals surface area contributed by atoms with Crippen molar-refractivity contribution in [1.29, 1.82) is 0 Å². The summed E-state index contributed by atoms with van der Waals surface area (Å²) in [7, 11) is 0. The van der Waals surface area contributed by atoms with E-state index in [1.54, 1.807) is 11.3 Å². The van der Waals surface area contributed by atoms with Crippen molar-refractivity contribution in [2.45, 2.75) is 51.3 Å². The number of thiophene rings is 1. The fourth-order valence-corrected chi connectivity index (χ4v) is 5.43. The molecule has 2 aliphatic rings. The lowest BCUT2D eigenvalue weighted by atomic mass is 9.86. The van der Waals surface area contributed by atoms with Crippen LogP contribution in [-0.4, -0.2) is 22.8 Å². The van der Waals surface area contributed by atoms with E-state index in [1.165, 1.54) is 11.1 Å². The van der Waals surface area contributed by atoms with Crippen LogP contribution in [0.2, 0.25) is 0 Å². The number of nitrogens with zero attached hydrogens (tertiary/aromatic N) is 1. The molecule has 3 aromatic rings. The van der Waals surface area contributed by atoms with Crippen LogP contribution in [0.5, 0.6) is 5.75 Å². The predicted molar refractivity (Wildman–Crippen MR) is 126 cm³/mol. The zero-order valence-corrected chi connectivity index (χ0v) is 18.9. The van der Waals surface area contributed by atoms with Crippen LogP contribution in [0, 0.1) is 0 Å². The van der Waals surface area contributed by atoms with E-state index in [2.05, 4.69) is 29.6 Å². The van der Waals surface area contributed by atoms with E-state index in [-0.39, 0.29) is 17.9 Å². The number of hydrogen-bond acceptors (Lipinski definition) is 4. The maximum atomic E-state index is 13.3. The van der Waals surface area contributed by atoms with Crippen molar-refractivity contribution >= 4 is 28.8 Å². The first-order valence-corrected chi connectivity index (χ1v) is 12.0. The number of anilines is 1. The van der Waals surface area contributed by atoms with Gasteiger partial charge in [-0.3, -0.25) is 9.59 Å². The largest absolute Gasteiger partial charge is 0.481 e. The van der Waals surface area contributed by atoms with Crippen molar-refractivity contribution in [2.24, 2.45) is 0 Å². The SMILES string of the molecule is C[C@H]1Oc2ccc(NC(=O)Cc3cccs3)cc2CN([C@@H]2CCCc3ccccc32)C1=O. The summed E-state index contributed by atoms with van der Waals surface area (Å²) in [5, 5.41) is 4.96. The van der Waals surface area contributed by atoms with Gasteiger partial charge in [0.15, 0.2) is 6.10 Å². The second kappa shape index (κ2) is 8.79. The first-order valence-electron chi connectivity index (χ1n) is 11.1. The first-order chi connectivity index (χ1) is 15.6. The standard InChI is InChI=1S/C26H26N2O3S/c1-17-26(30)28(23-10-4-7-18-6-2-3-9-22(18)23)16-19-14-20(11-12-24(19)31-17)27-25(29)15-21-8-5-13-32-21/h2-3,5-6,8-9,11-14,17,23H,4,7,10,15-16H2,1H3,(H,27,29)/t17-,23-/m1/s1. The van der Waals surface area contributed by atoms with E-state index in [4.69, 9.17) is 4.74 Å². The number of nitrogens with one attached hydrogen (secondary N) is 1. The molecule has 0 bridgehead atoms. The van der Waals surface area contributed by atoms with E-state index in [9.17, 15) is 9.59 Å². The Hall–Kier alpha value is -3.12. The van der Waals surface area contributed by atoms with Gasteiger partial charge >= 0.3 is 0 Å². The molecule has 0 radical (unpaired) electrons. The van der Waals surface area contributed by atoms with Gasteiger partial charge in [-0.25, -0.2) is 0 Å². The van der Waals surface area contributed by atoms with Crippen molar-refractivity contribution < 1.29 is 14.3 Å². The van der Waals surface area contributed by atoms with Gasteiger partial charge in [-0.15, -0.1) is 11.3 Å². The number of aryl methyl sites for hydroxylation is 1. The van der Waals surface area contributed by atoms with Gasteiger partial charge in [-0.1, -0.05) is 30.3 Å². The number of carbonyl (C=O) groups is 2. The maximum absolute atomic E-state index is 13.3. The summed E-state index contributed by atoms with van der Waals surface area (Å²) in [6.07, 6.45) is 2.86. The lowest BCUT2D eigenvalue weighted by Crippen LogP contribution is -2.41. The summed E-state index contributed by atoms with van der Waals surface area (Å²) in [6.45, 7) is 2.28. The zero-order chi connectivity index (χ0) is 22.1. The minimum atomic E-state index is -0.551. The van der Waals surface area contributed by atoms with Crippen LogP contribution in [0.25, 0.3) is 0 Å². The summed E-state index contributed by atoms with van der Waals surface area (Å²) in [5.74, 6) is 0.657. The number of amides is 2. The summed E-state index contributed by atoms with van der Waals surface area (Å²) < 4.78 is 6.02. The van der Waals surface area contributed by atoms with Gasteiger partial charge in [0.05, 0.1) is 19.0 Å². The van der Waals surface area contributed by atoms with Crippen molar-refractivity contribution in [2.75, 3.05) is 5.32 Å². The molecule has 6 heteroatoms. The van der Waals surface area contributed by atoms with Gasteiger partial charge in [0.2, 0.25) is 5.91 Å². The zero-order valence-electron chi connectivity index (χ0n) is 18.0. The second-order valence-electron chi connectivity index (χ2n) is 8.46. The number of ether oxygens (including phenoxy) is 1. The topological polar surface area (TPSA) is 58.6 Å². The third-order valence-electron chi connectivity index (χ3n) is 6.25. The average Bonchev–Trinajstić information content (AvgIpc) is 3.27. The molecule has 5 nitrogen and oxygen atoms in total. The summed E-state index contributed by atoms with van der Waals surface area (Å²) >= 11 is 1.57. The van der Waals surface area contributed by atoms with E-state index in [0.29, 0.717) is 18.7 Å². The molecule has 0 saturated heterocycles. The van der Waals surface area contributed by atoms with Crippen molar-refractivity contribution in [3.63, 3.8) is 0 Å². The molecule has 0 unspecified atom stereocenters. The normalized spacial score (nSPS) is 20.0. The van der Waals surface area contributed by atoms with Crippen LogP contribution in [-0.2, 0) is 29.0 Å². The third-order valence-corrected chi connectivity index (χ3v) is 7.12. The molecule has 0 saturated carbocycles. The predicted octanol–water partition coefficient (Wildman–Crippen LogP) is 5.12. The number of rotatable bonds is 4. The molecule has 2 amide bonds.